The third-order valence-electron chi connectivity index (χ3n) is 6.23. The summed E-state index contributed by atoms with van der Waals surface area (Å²) in [6.07, 6.45) is 7.83. The molecule has 1 aliphatic heterocycles. The van der Waals surface area contributed by atoms with E-state index in [1.807, 2.05) is 19.2 Å². The molecule has 1 fully saturated rings. The van der Waals surface area contributed by atoms with Crippen LogP contribution in [-0.4, -0.2) is 50.2 Å². The van der Waals surface area contributed by atoms with E-state index < -0.39 is 11.6 Å². The Kier molecular flexibility index (Phi) is 4.44. The standard InChI is InChI=1S/C23H22F2N8/c1-2-27-16-7-15(24)20(25)18-19-22(32-6-4-13(26)11-32)14(9-29-23(19)31-21(16)18)12-8-28-17-3-5-30-33(17)10-12/h3,5,7-10,13,27H,2,4,6,11,26H2,1H3,(H,29,31). The van der Waals surface area contributed by atoms with Crippen LogP contribution < -0.4 is 16.0 Å². The second-order valence-electron chi connectivity index (χ2n) is 8.34. The predicted octanol–water partition coefficient (Wildman–Crippen LogP) is 3.67. The second kappa shape index (κ2) is 7.38. The Bertz CT molecular complexity index is 1520. The van der Waals surface area contributed by atoms with E-state index in [1.165, 1.54) is 6.07 Å². The first-order chi connectivity index (χ1) is 16.0. The van der Waals surface area contributed by atoms with E-state index in [0.717, 1.165) is 23.2 Å². The van der Waals surface area contributed by atoms with Gasteiger partial charge in [-0.2, -0.15) is 5.10 Å². The van der Waals surface area contributed by atoms with Crippen molar-refractivity contribution < 1.29 is 8.78 Å². The summed E-state index contributed by atoms with van der Waals surface area (Å²) in [4.78, 5) is 14.4. The van der Waals surface area contributed by atoms with Crippen LogP contribution in [0.15, 0.2) is 36.9 Å². The molecular weight excluding hydrogens is 426 g/mol. The van der Waals surface area contributed by atoms with E-state index in [9.17, 15) is 4.39 Å². The smallest absolute Gasteiger partial charge is 0.169 e. The molecule has 1 saturated heterocycles. The van der Waals surface area contributed by atoms with Crippen molar-refractivity contribution in [3.05, 3.63) is 48.6 Å². The number of benzene rings is 1. The first-order valence-electron chi connectivity index (χ1n) is 10.9. The van der Waals surface area contributed by atoms with Crippen molar-refractivity contribution in [2.45, 2.75) is 19.4 Å². The fraction of sp³-hybridized carbons (Fsp3) is 0.261. The van der Waals surface area contributed by atoms with Crippen LogP contribution in [0, 0.1) is 11.6 Å². The number of rotatable bonds is 4. The van der Waals surface area contributed by atoms with Gasteiger partial charge in [0, 0.05) is 67.5 Å². The molecule has 8 nitrogen and oxygen atoms in total. The number of pyridine rings is 1. The average molecular weight is 448 g/mol. The van der Waals surface area contributed by atoms with Gasteiger partial charge in [-0.1, -0.05) is 0 Å². The molecule has 1 atom stereocenters. The van der Waals surface area contributed by atoms with Crippen molar-refractivity contribution >= 4 is 39.0 Å². The van der Waals surface area contributed by atoms with Gasteiger partial charge in [-0.25, -0.2) is 23.3 Å². The molecule has 5 heterocycles. The highest BCUT2D eigenvalue weighted by Gasteiger charge is 2.28. The maximum Gasteiger partial charge on any atom is 0.169 e. The van der Waals surface area contributed by atoms with Gasteiger partial charge in [-0.15, -0.1) is 0 Å². The lowest BCUT2D eigenvalue weighted by molar-refractivity contribution is 0.518. The molecular formula is C23H22F2N8. The van der Waals surface area contributed by atoms with E-state index in [0.29, 0.717) is 47.5 Å². The number of anilines is 2. The number of hydrogen-bond donors (Lipinski definition) is 3. The molecule has 0 spiro atoms. The number of nitrogens with two attached hydrogens (primary N) is 1. The van der Waals surface area contributed by atoms with Gasteiger partial charge in [0.2, 0.25) is 0 Å². The highest BCUT2D eigenvalue weighted by Crippen LogP contribution is 2.43. The van der Waals surface area contributed by atoms with Crippen molar-refractivity contribution in [3.63, 3.8) is 0 Å². The van der Waals surface area contributed by atoms with E-state index in [-0.39, 0.29) is 11.4 Å². The number of halogens is 2. The largest absolute Gasteiger partial charge is 0.384 e. The lowest BCUT2D eigenvalue weighted by Gasteiger charge is -2.23. The van der Waals surface area contributed by atoms with E-state index in [2.05, 4.69) is 30.3 Å². The Morgan fingerprint density at radius 3 is 2.91 bits per heavy atom. The highest BCUT2D eigenvalue weighted by atomic mass is 19.2. The highest BCUT2D eigenvalue weighted by molar-refractivity contribution is 6.18. The Balaban J connectivity index is 1.71. The number of nitrogens with zero attached hydrogens (tertiary/aromatic N) is 5. The van der Waals surface area contributed by atoms with Crippen LogP contribution in [0.2, 0.25) is 0 Å². The summed E-state index contributed by atoms with van der Waals surface area (Å²) in [6, 6.07) is 2.99. The molecule has 33 heavy (non-hydrogen) atoms. The minimum atomic E-state index is -0.909. The van der Waals surface area contributed by atoms with Crippen LogP contribution in [-0.2, 0) is 0 Å². The van der Waals surface area contributed by atoms with Gasteiger partial charge < -0.3 is 20.9 Å². The molecule has 4 aromatic heterocycles. The predicted molar refractivity (Wildman–Crippen MR) is 124 cm³/mol. The maximum absolute atomic E-state index is 15.3. The molecule has 6 rings (SSSR count). The van der Waals surface area contributed by atoms with Crippen LogP contribution in [0.5, 0.6) is 0 Å². The molecule has 168 valence electrons. The first kappa shape index (κ1) is 19.9. The van der Waals surface area contributed by atoms with Gasteiger partial charge in [0.1, 0.15) is 5.65 Å². The molecule has 0 aliphatic carbocycles. The molecule has 5 aromatic rings. The fourth-order valence-electron chi connectivity index (χ4n) is 4.75. The van der Waals surface area contributed by atoms with Crippen LogP contribution in [0.25, 0.3) is 38.7 Å². The number of nitrogens with one attached hydrogen (secondary N) is 2. The third-order valence-corrected chi connectivity index (χ3v) is 6.23. The molecule has 0 bridgehead atoms. The van der Waals surface area contributed by atoms with Gasteiger partial charge in [-0.3, -0.25) is 0 Å². The molecule has 0 saturated carbocycles. The van der Waals surface area contributed by atoms with Crippen molar-refractivity contribution in [1.29, 1.82) is 0 Å². The normalized spacial score (nSPS) is 16.5. The summed E-state index contributed by atoms with van der Waals surface area (Å²) >= 11 is 0. The maximum atomic E-state index is 15.3. The Labute approximate surface area is 187 Å². The van der Waals surface area contributed by atoms with Crippen molar-refractivity contribution in [2.75, 3.05) is 29.9 Å². The first-order valence-corrected chi connectivity index (χ1v) is 10.9. The topological polar surface area (TPSA) is 100 Å². The van der Waals surface area contributed by atoms with Crippen molar-refractivity contribution in [3.8, 4) is 11.1 Å². The second-order valence-corrected chi connectivity index (χ2v) is 8.34. The van der Waals surface area contributed by atoms with Crippen molar-refractivity contribution in [2.24, 2.45) is 5.73 Å². The number of fused-ring (bicyclic) bond motifs is 4. The number of hydrogen-bond acceptors (Lipinski definition) is 6. The Morgan fingerprint density at radius 1 is 1.24 bits per heavy atom. The van der Waals surface area contributed by atoms with Gasteiger partial charge in [0.15, 0.2) is 17.3 Å². The van der Waals surface area contributed by atoms with Crippen LogP contribution in [0.4, 0.5) is 20.2 Å². The molecule has 4 N–H and O–H groups in total. The number of H-pyrrole nitrogens is 1. The molecule has 10 heteroatoms. The monoisotopic (exact) mass is 448 g/mol. The van der Waals surface area contributed by atoms with Crippen LogP contribution >= 0.6 is 0 Å². The zero-order valence-electron chi connectivity index (χ0n) is 17.9. The Hall–Kier alpha value is -3.79. The minimum absolute atomic E-state index is 0.00288. The van der Waals surface area contributed by atoms with Crippen molar-refractivity contribution in [1.82, 2.24) is 24.6 Å². The summed E-state index contributed by atoms with van der Waals surface area (Å²) in [7, 11) is 0. The van der Waals surface area contributed by atoms with E-state index >= 15 is 4.39 Å². The van der Waals surface area contributed by atoms with Crippen LogP contribution in [0.1, 0.15) is 13.3 Å². The van der Waals surface area contributed by atoms with E-state index in [4.69, 9.17) is 5.73 Å². The quantitative estimate of drug-likeness (QED) is 0.388. The van der Waals surface area contributed by atoms with E-state index in [1.54, 1.807) is 23.1 Å². The Morgan fingerprint density at radius 2 is 2.12 bits per heavy atom. The zero-order valence-corrected chi connectivity index (χ0v) is 17.9. The lowest BCUT2D eigenvalue weighted by Crippen LogP contribution is -2.26. The zero-order chi connectivity index (χ0) is 22.7. The summed E-state index contributed by atoms with van der Waals surface area (Å²) < 4.78 is 31.7. The molecule has 1 aromatic carbocycles. The summed E-state index contributed by atoms with van der Waals surface area (Å²) in [5.74, 6) is -1.81. The summed E-state index contributed by atoms with van der Waals surface area (Å²) in [5, 5.41) is 8.11. The summed E-state index contributed by atoms with van der Waals surface area (Å²) in [6.45, 7) is 3.78. The third kappa shape index (κ3) is 3.01. The van der Waals surface area contributed by atoms with Gasteiger partial charge in [0.05, 0.1) is 33.9 Å². The lowest BCUT2D eigenvalue weighted by atomic mass is 10.0. The molecule has 1 unspecified atom stereocenters. The van der Waals surface area contributed by atoms with Gasteiger partial charge in [-0.05, 0) is 13.3 Å². The SMILES string of the molecule is CCNc1cc(F)c(F)c2c1[nH]c1ncc(-c3cnc4ccnn4c3)c(N3CCC(N)C3)c12. The van der Waals surface area contributed by atoms with Gasteiger partial charge >= 0.3 is 0 Å². The molecule has 0 amide bonds. The summed E-state index contributed by atoms with van der Waals surface area (Å²) in [5.41, 5.74) is 10.7. The molecule has 1 aliphatic rings. The average Bonchev–Trinajstić information content (AvgIpc) is 3.54. The van der Waals surface area contributed by atoms with Crippen LogP contribution in [0.3, 0.4) is 0 Å². The minimum Gasteiger partial charge on any atom is -0.384 e. The van der Waals surface area contributed by atoms with Gasteiger partial charge in [0.25, 0.3) is 0 Å². The number of aromatic amines is 1. The number of aromatic nitrogens is 5. The fourth-order valence-corrected chi connectivity index (χ4v) is 4.75. The molecule has 0 radical (unpaired) electrons.